The highest BCUT2D eigenvalue weighted by molar-refractivity contribution is 6.74. The molecule has 0 bridgehead atoms. The van der Waals surface area contributed by atoms with Gasteiger partial charge in [-0.1, -0.05) is 20.8 Å². The van der Waals surface area contributed by atoms with Crippen molar-refractivity contribution >= 4 is 42.7 Å². The second kappa shape index (κ2) is 9.59. The molecule has 3 aromatic rings. The van der Waals surface area contributed by atoms with Crippen LogP contribution in [0.1, 0.15) is 31.1 Å². The zero-order valence-electron chi connectivity index (χ0n) is 21.8. The average Bonchev–Trinajstić information content (AvgIpc) is 3.16. The van der Waals surface area contributed by atoms with E-state index in [4.69, 9.17) is 4.43 Å². The first kappa shape index (κ1) is 25.7. The first-order valence-corrected chi connectivity index (χ1v) is 15.1. The monoisotopic (exact) mass is 509 g/mol. The molecule has 0 aliphatic carbocycles. The number of aromatic nitrogens is 2. The maximum absolute atomic E-state index is 13.0. The van der Waals surface area contributed by atoms with Crippen LogP contribution in [0, 0.1) is 0 Å². The zero-order valence-corrected chi connectivity index (χ0v) is 22.8. The van der Waals surface area contributed by atoms with Crippen molar-refractivity contribution in [3.05, 3.63) is 48.0 Å². The van der Waals surface area contributed by atoms with Crippen LogP contribution in [0.5, 0.6) is 5.75 Å². The van der Waals surface area contributed by atoms with E-state index in [0.29, 0.717) is 22.2 Å². The number of rotatable bonds is 5. The first-order chi connectivity index (χ1) is 16.9. The Morgan fingerprint density at radius 3 is 2.25 bits per heavy atom. The fraction of sp³-hybridized carbons (Fsp3) is 0.423. The lowest BCUT2D eigenvalue weighted by Gasteiger charge is -2.36. The van der Waals surface area contributed by atoms with Gasteiger partial charge in [0.1, 0.15) is 5.75 Å². The number of hydrogen-bond donors (Lipinski definition) is 2. The smallest absolute Gasteiger partial charge is 0.432 e. The van der Waals surface area contributed by atoms with Gasteiger partial charge in [0.25, 0.3) is 5.91 Å². The Labute approximate surface area is 212 Å². The van der Waals surface area contributed by atoms with Crippen LogP contribution in [0.4, 0.5) is 16.3 Å². The summed E-state index contributed by atoms with van der Waals surface area (Å²) in [6.45, 7) is 14.6. The van der Waals surface area contributed by atoms with E-state index in [9.17, 15) is 14.7 Å². The standard InChI is InChI=1S/C26H35N5O4Si/c1-26(2,3)36(5,6)35-20-11-12-21-22(17-20)31(25(33)34)28-23(21)27-24(32)18-7-9-19(10-8-18)30-15-13-29(4)14-16-30/h7-12,17H,13-16H2,1-6H3,(H,33,34)(H,27,28,32). The summed E-state index contributed by atoms with van der Waals surface area (Å²) in [6.07, 6.45) is -1.23. The van der Waals surface area contributed by atoms with Crippen molar-refractivity contribution in [2.75, 3.05) is 43.4 Å². The summed E-state index contributed by atoms with van der Waals surface area (Å²) in [5.41, 5.74) is 1.91. The van der Waals surface area contributed by atoms with Gasteiger partial charge in [0.15, 0.2) is 5.82 Å². The van der Waals surface area contributed by atoms with Gasteiger partial charge in [-0.25, -0.2) is 4.79 Å². The predicted molar refractivity (Wildman–Crippen MR) is 145 cm³/mol. The second-order valence-electron chi connectivity index (χ2n) is 10.9. The van der Waals surface area contributed by atoms with Gasteiger partial charge in [0.2, 0.25) is 8.32 Å². The van der Waals surface area contributed by atoms with E-state index in [2.05, 4.69) is 61.1 Å². The van der Waals surface area contributed by atoms with E-state index in [1.165, 1.54) is 0 Å². The molecule has 2 aromatic carbocycles. The molecule has 0 spiro atoms. The summed E-state index contributed by atoms with van der Waals surface area (Å²) in [5, 5.41) is 17.2. The van der Waals surface area contributed by atoms with Gasteiger partial charge in [-0.3, -0.25) is 4.79 Å². The first-order valence-electron chi connectivity index (χ1n) is 12.2. The number of piperazine rings is 1. The molecule has 1 aliphatic heterocycles. The number of hydrogen-bond acceptors (Lipinski definition) is 6. The van der Waals surface area contributed by atoms with Gasteiger partial charge in [-0.15, -0.1) is 5.10 Å². The molecule has 0 unspecified atom stereocenters. The Kier molecular flexibility index (Phi) is 6.85. The number of likely N-dealkylation sites (N-methyl/N-ethyl adjacent to an activating group) is 1. The molecule has 1 amide bonds. The summed E-state index contributed by atoms with van der Waals surface area (Å²) in [5.74, 6) is 0.437. The van der Waals surface area contributed by atoms with Crippen LogP contribution in [-0.4, -0.2) is 73.3 Å². The maximum Gasteiger partial charge on any atom is 0.432 e. The predicted octanol–water partition coefficient (Wildman–Crippen LogP) is 4.95. The number of benzene rings is 2. The van der Waals surface area contributed by atoms with Crippen LogP contribution < -0.4 is 14.6 Å². The van der Waals surface area contributed by atoms with Crippen molar-refractivity contribution in [1.29, 1.82) is 0 Å². The Bertz CT molecular complexity index is 1270. The van der Waals surface area contributed by atoms with E-state index < -0.39 is 14.4 Å². The number of fused-ring (bicyclic) bond motifs is 1. The quantitative estimate of drug-likeness (QED) is 0.469. The maximum atomic E-state index is 13.0. The number of carbonyl (C=O) groups excluding carboxylic acids is 1. The highest BCUT2D eigenvalue weighted by atomic mass is 28.4. The van der Waals surface area contributed by atoms with E-state index in [1.807, 2.05) is 12.1 Å². The third-order valence-electron chi connectivity index (χ3n) is 7.24. The van der Waals surface area contributed by atoms with Crippen LogP contribution >= 0.6 is 0 Å². The van der Waals surface area contributed by atoms with Crippen LogP contribution in [0.15, 0.2) is 42.5 Å². The number of carboxylic acid groups (broad SMARTS) is 1. The van der Waals surface area contributed by atoms with Gasteiger partial charge >= 0.3 is 6.09 Å². The number of nitrogens with one attached hydrogen (secondary N) is 1. The van der Waals surface area contributed by atoms with E-state index >= 15 is 0 Å². The van der Waals surface area contributed by atoms with Crippen LogP contribution in [-0.2, 0) is 0 Å². The number of anilines is 2. The lowest BCUT2D eigenvalue weighted by molar-refractivity contribution is 0.102. The average molecular weight is 510 g/mol. The van der Waals surface area contributed by atoms with E-state index in [-0.39, 0.29) is 16.8 Å². The Morgan fingerprint density at radius 1 is 1.03 bits per heavy atom. The third kappa shape index (κ3) is 5.24. The molecule has 9 nitrogen and oxygen atoms in total. The van der Waals surface area contributed by atoms with Gasteiger partial charge in [-0.05, 0) is 61.6 Å². The van der Waals surface area contributed by atoms with Crippen LogP contribution in [0.25, 0.3) is 10.9 Å². The van der Waals surface area contributed by atoms with Crippen LogP contribution in [0.2, 0.25) is 18.1 Å². The number of nitrogens with zero attached hydrogens (tertiary/aromatic N) is 4. The summed E-state index contributed by atoms with van der Waals surface area (Å²) in [7, 11) is -0.00120. The summed E-state index contributed by atoms with van der Waals surface area (Å²) in [6, 6.07) is 12.7. The minimum Gasteiger partial charge on any atom is -0.543 e. The third-order valence-corrected chi connectivity index (χ3v) is 11.6. The Morgan fingerprint density at radius 2 is 1.67 bits per heavy atom. The van der Waals surface area contributed by atoms with Gasteiger partial charge in [0.05, 0.1) is 5.52 Å². The zero-order chi connectivity index (χ0) is 26.3. The van der Waals surface area contributed by atoms with Crippen molar-refractivity contribution in [2.45, 2.75) is 38.9 Å². The van der Waals surface area contributed by atoms with Crippen molar-refractivity contribution < 1.29 is 19.1 Å². The van der Waals surface area contributed by atoms with Crippen molar-refractivity contribution in [1.82, 2.24) is 14.7 Å². The lowest BCUT2D eigenvalue weighted by atomic mass is 10.1. The SMILES string of the molecule is CN1CCN(c2ccc(C(=O)Nc3nn(C(=O)O)c4cc(O[Si](C)(C)C(C)(C)C)ccc34)cc2)CC1. The molecule has 2 N–H and O–H groups in total. The van der Waals surface area contributed by atoms with Gasteiger partial charge in [-0.2, -0.15) is 4.68 Å². The molecular formula is C26H35N5O4Si. The molecule has 1 aromatic heterocycles. The normalized spacial score (nSPS) is 15.2. The molecule has 0 atom stereocenters. The molecule has 2 heterocycles. The second-order valence-corrected chi connectivity index (χ2v) is 15.6. The largest absolute Gasteiger partial charge is 0.543 e. The summed E-state index contributed by atoms with van der Waals surface area (Å²) < 4.78 is 7.22. The highest BCUT2D eigenvalue weighted by Gasteiger charge is 2.39. The van der Waals surface area contributed by atoms with Crippen LogP contribution in [0.3, 0.4) is 0 Å². The molecular weight excluding hydrogens is 474 g/mol. The van der Waals surface area contributed by atoms with Crippen molar-refractivity contribution in [2.24, 2.45) is 0 Å². The molecule has 10 heteroatoms. The van der Waals surface area contributed by atoms with Gasteiger partial charge in [0, 0.05) is 48.9 Å². The molecule has 1 aliphatic rings. The molecule has 1 fully saturated rings. The lowest BCUT2D eigenvalue weighted by Crippen LogP contribution is -2.44. The summed E-state index contributed by atoms with van der Waals surface area (Å²) >= 11 is 0. The molecule has 1 saturated heterocycles. The molecule has 0 saturated carbocycles. The Balaban J connectivity index is 1.56. The van der Waals surface area contributed by atoms with Gasteiger partial charge < -0.3 is 24.6 Å². The van der Waals surface area contributed by atoms with Crippen molar-refractivity contribution in [3.8, 4) is 5.75 Å². The summed E-state index contributed by atoms with van der Waals surface area (Å²) in [4.78, 5) is 29.5. The molecule has 4 rings (SSSR count). The van der Waals surface area contributed by atoms with E-state index in [1.54, 1.807) is 30.3 Å². The minimum atomic E-state index is -2.11. The molecule has 0 radical (unpaired) electrons. The molecule has 36 heavy (non-hydrogen) atoms. The minimum absolute atomic E-state index is 0.00592. The number of amides is 1. The fourth-order valence-corrected chi connectivity index (χ4v) is 4.93. The Hall–Kier alpha value is -3.37. The topological polar surface area (TPSA) is 99.9 Å². The number of carbonyl (C=O) groups is 2. The fourth-order valence-electron chi connectivity index (χ4n) is 3.91. The van der Waals surface area contributed by atoms with Crippen molar-refractivity contribution in [3.63, 3.8) is 0 Å². The molecule has 192 valence electrons. The highest BCUT2D eigenvalue weighted by Crippen LogP contribution is 2.38. The van der Waals surface area contributed by atoms with E-state index in [0.717, 1.165) is 36.5 Å².